The Labute approximate surface area is 120 Å². The number of aryl methyl sites for hydroxylation is 1. The van der Waals surface area contributed by atoms with E-state index in [9.17, 15) is 0 Å². The highest BCUT2D eigenvalue weighted by Crippen LogP contribution is 2.39. The van der Waals surface area contributed by atoms with E-state index in [1.807, 2.05) is 31.2 Å². The van der Waals surface area contributed by atoms with Gasteiger partial charge in [0.25, 0.3) is 0 Å². The van der Waals surface area contributed by atoms with Crippen LogP contribution in [-0.4, -0.2) is 14.9 Å². The van der Waals surface area contributed by atoms with Gasteiger partial charge in [-0.05, 0) is 24.6 Å². The summed E-state index contributed by atoms with van der Waals surface area (Å²) in [4.78, 5) is 0. The smallest absolute Gasteiger partial charge is 0.232 e. The number of hydrogen-bond acceptors (Lipinski definition) is 2. The second kappa shape index (κ2) is 5.10. The molecule has 96 valence electrons. The molecule has 1 N–H and O–H groups in total. The molecule has 0 atom stereocenters. The number of halogens is 3. The SMILES string of the molecule is Cc1ccccc1-n1nc(CO)cc1C(Cl)(Cl)Cl. The predicted molar refractivity (Wildman–Crippen MR) is 73.5 cm³/mol. The molecule has 0 aliphatic carbocycles. The van der Waals surface area contributed by atoms with Gasteiger partial charge in [0.15, 0.2) is 0 Å². The second-order valence-corrected chi connectivity index (χ2v) is 6.16. The molecule has 3 nitrogen and oxygen atoms in total. The van der Waals surface area contributed by atoms with Crippen molar-refractivity contribution in [2.45, 2.75) is 17.3 Å². The van der Waals surface area contributed by atoms with Gasteiger partial charge in [0, 0.05) is 0 Å². The van der Waals surface area contributed by atoms with Crippen LogP contribution in [0.3, 0.4) is 0 Å². The van der Waals surface area contributed by atoms with Crippen LogP contribution in [0.2, 0.25) is 0 Å². The number of aliphatic hydroxyl groups excluding tert-OH is 1. The van der Waals surface area contributed by atoms with Crippen LogP contribution in [-0.2, 0) is 10.4 Å². The molecule has 6 heteroatoms. The largest absolute Gasteiger partial charge is 0.390 e. The first-order chi connectivity index (χ1) is 8.43. The first-order valence-electron chi connectivity index (χ1n) is 5.26. The molecule has 2 aromatic rings. The van der Waals surface area contributed by atoms with Gasteiger partial charge in [-0.25, -0.2) is 4.68 Å². The lowest BCUT2D eigenvalue weighted by molar-refractivity contribution is 0.276. The second-order valence-electron chi connectivity index (χ2n) is 3.88. The number of benzene rings is 1. The van der Waals surface area contributed by atoms with Crippen molar-refractivity contribution in [3.63, 3.8) is 0 Å². The zero-order valence-electron chi connectivity index (χ0n) is 9.57. The van der Waals surface area contributed by atoms with Gasteiger partial charge in [-0.15, -0.1) is 0 Å². The summed E-state index contributed by atoms with van der Waals surface area (Å²) in [6.45, 7) is 1.74. The molecule has 0 saturated heterocycles. The van der Waals surface area contributed by atoms with Crippen LogP contribution < -0.4 is 0 Å². The number of aromatic nitrogens is 2. The highest BCUT2D eigenvalue weighted by atomic mass is 35.6. The van der Waals surface area contributed by atoms with Crippen molar-refractivity contribution in [3.8, 4) is 5.69 Å². The summed E-state index contributed by atoms with van der Waals surface area (Å²) in [7, 11) is 0. The van der Waals surface area contributed by atoms with Crippen molar-refractivity contribution in [1.82, 2.24) is 9.78 Å². The average Bonchev–Trinajstić information content (AvgIpc) is 2.73. The summed E-state index contributed by atoms with van der Waals surface area (Å²) in [5.41, 5.74) is 2.68. The van der Waals surface area contributed by atoms with Crippen LogP contribution in [0.1, 0.15) is 17.0 Å². The van der Waals surface area contributed by atoms with E-state index in [2.05, 4.69) is 5.10 Å². The third-order valence-electron chi connectivity index (χ3n) is 2.56. The maximum Gasteiger partial charge on any atom is 0.232 e. The Balaban J connectivity index is 2.64. The molecule has 0 spiro atoms. The van der Waals surface area contributed by atoms with Gasteiger partial charge < -0.3 is 5.11 Å². The number of hydrogen-bond donors (Lipinski definition) is 1. The molecule has 0 aliphatic rings. The molecule has 0 radical (unpaired) electrons. The fourth-order valence-corrected chi connectivity index (χ4v) is 2.10. The Morgan fingerprint density at radius 1 is 1.28 bits per heavy atom. The lowest BCUT2D eigenvalue weighted by Gasteiger charge is -2.15. The lowest BCUT2D eigenvalue weighted by atomic mass is 10.2. The van der Waals surface area contributed by atoms with Gasteiger partial charge in [-0.2, -0.15) is 5.10 Å². The van der Waals surface area contributed by atoms with Gasteiger partial charge >= 0.3 is 0 Å². The quantitative estimate of drug-likeness (QED) is 0.862. The van der Waals surface area contributed by atoms with Gasteiger partial charge in [-0.1, -0.05) is 53.0 Å². The molecule has 0 saturated carbocycles. The van der Waals surface area contributed by atoms with Gasteiger partial charge in [0.2, 0.25) is 3.79 Å². The van der Waals surface area contributed by atoms with E-state index >= 15 is 0 Å². The molecular weight excluding hydrogens is 295 g/mol. The van der Waals surface area contributed by atoms with Gasteiger partial charge in [-0.3, -0.25) is 0 Å². The Bertz CT molecular complexity index is 561. The van der Waals surface area contributed by atoms with Gasteiger partial charge in [0.05, 0.1) is 23.7 Å². The van der Waals surface area contributed by atoms with Crippen LogP contribution in [0.15, 0.2) is 30.3 Å². The lowest BCUT2D eigenvalue weighted by Crippen LogP contribution is -2.11. The standard InChI is InChI=1S/C12H11Cl3N2O/c1-8-4-2-3-5-10(8)17-11(12(13,14)15)6-9(7-18)16-17/h2-6,18H,7H2,1H3. The van der Waals surface area contributed by atoms with Crippen LogP contribution in [0, 0.1) is 6.92 Å². The number of alkyl halides is 3. The van der Waals surface area contributed by atoms with E-state index in [-0.39, 0.29) is 6.61 Å². The Hall–Kier alpha value is -0.740. The topological polar surface area (TPSA) is 38.0 Å². The Morgan fingerprint density at radius 2 is 1.94 bits per heavy atom. The number of rotatable bonds is 2. The van der Waals surface area contributed by atoms with Gasteiger partial charge in [0.1, 0.15) is 0 Å². The van der Waals surface area contributed by atoms with Crippen molar-refractivity contribution < 1.29 is 5.11 Å². The zero-order chi connectivity index (χ0) is 13.3. The normalized spacial score (nSPS) is 11.8. The Kier molecular flexibility index (Phi) is 3.87. The fraction of sp³-hybridized carbons (Fsp3) is 0.250. The monoisotopic (exact) mass is 304 g/mol. The zero-order valence-corrected chi connectivity index (χ0v) is 11.8. The molecule has 0 aliphatic heterocycles. The molecular formula is C12H11Cl3N2O. The average molecular weight is 306 g/mol. The third-order valence-corrected chi connectivity index (χ3v) is 3.14. The summed E-state index contributed by atoms with van der Waals surface area (Å²) in [5.74, 6) is 0. The molecule has 1 aromatic carbocycles. The molecule has 0 unspecified atom stereocenters. The van der Waals surface area contributed by atoms with Crippen molar-refractivity contribution in [1.29, 1.82) is 0 Å². The predicted octanol–water partition coefficient (Wildman–Crippen LogP) is 3.50. The first kappa shape index (κ1) is 13.7. The van der Waals surface area contributed by atoms with Crippen LogP contribution in [0.4, 0.5) is 0 Å². The van der Waals surface area contributed by atoms with Crippen LogP contribution in [0.5, 0.6) is 0 Å². The highest BCUT2D eigenvalue weighted by molar-refractivity contribution is 6.66. The van der Waals surface area contributed by atoms with Crippen LogP contribution >= 0.6 is 34.8 Å². The summed E-state index contributed by atoms with van der Waals surface area (Å²) in [6.07, 6.45) is 0. The minimum atomic E-state index is -1.59. The maximum atomic E-state index is 9.15. The fourth-order valence-electron chi connectivity index (χ4n) is 1.69. The van der Waals surface area contributed by atoms with E-state index in [0.717, 1.165) is 11.3 Å². The molecule has 0 amide bonds. The van der Waals surface area contributed by atoms with Crippen molar-refractivity contribution in [3.05, 3.63) is 47.3 Å². The molecule has 2 rings (SSSR count). The molecule has 1 heterocycles. The third kappa shape index (κ3) is 2.64. The minimum absolute atomic E-state index is 0.202. The number of nitrogens with zero attached hydrogens (tertiary/aromatic N) is 2. The van der Waals surface area contributed by atoms with E-state index in [4.69, 9.17) is 39.9 Å². The molecule has 0 bridgehead atoms. The summed E-state index contributed by atoms with van der Waals surface area (Å²) < 4.78 is -0.0451. The van der Waals surface area contributed by atoms with E-state index in [1.54, 1.807) is 10.7 Å². The number of para-hydroxylation sites is 1. The summed E-state index contributed by atoms with van der Waals surface area (Å²) in [6, 6.07) is 9.20. The van der Waals surface area contributed by atoms with Crippen molar-refractivity contribution in [2.75, 3.05) is 0 Å². The van der Waals surface area contributed by atoms with Crippen LogP contribution in [0.25, 0.3) is 5.69 Å². The molecule has 0 fully saturated rings. The minimum Gasteiger partial charge on any atom is -0.390 e. The molecule has 18 heavy (non-hydrogen) atoms. The first-order valence-corrected chi connectivity index (χ1v) is 6.40. The van der Waals surface area contributed by atoms with E-state index in [1.165, 1.54) is 0 Å². The van der Waals surface area contributed by atoms with Crippen molar-refractivity contribution >= 4 is 34.8 Å². The number of aliphatic hydroxyl groups is 1. The van der Waals surface area contributed by atoms with E-state index in [0.29, 0.717) is 11.4 Å². The molecule has 1 aromatic heterocycles. The Morgan fingerprint density at radius 3 is 2.50 bits per heavy atom. The van der Waals surface area contributed by atoms with E-state index < -0.39 is 3.79 Å². The van der Waals surface area contributed by atoms with Crippen molar-refractivity contribution in [2.24, 2.45) is 0 Å². The summed E-state index contributed by atoms with van der Waals surface area (Å²) >= 11 is 17.8. The maximum absolute atomic E-state index is 9.15. The summed E-state index contributed by atoms with van der Waals surface area (Å²) in [5, 5.41) is 13.4. The highest BCUT2D eigenvalue weighted by Gasteiger charge is 2.29.